The molecule has 3 aliphatic rings. The van der Waals surface area contributed by atoms with Gasteiger partial charge in [0.1, 0.15) is 18.5 Å². The Hall–Kier alpha value is -3.36. The van der Waals surface area contributed by atoms with E-state index in [4.69, 9.17) is 18.9 Å². The van der Waals surface area contributed by atoms with E-state index < -0.39 is 41.1 Å². The average molecular weight is 472 g/mol. The molecule has 1 saturated carbocycles. The number of carbonyl (C=O) groups excluding carboxylic acids is 4. The van der Waals surface area contributed by atoms with Crippen molar-refractivity contribution >= 4 is 23.7 Å². The Morgan fingerprint density at radius 2 is 1.76 bits per heavy atom. The molecule has 1 heterocycles. The molecule has 0 aromatic heterocycles. The van der Waals surface area contributed by atoms with Crippen molar-refractivity contribution in [1.29, 1.82) is 0 Å². The van der Waals surface area contributed by atoms with Crippen LogP contribution in [0.5, 0.6) is 17.2 Å². The monoisotopic (exact) mass is 472 g/mol. The van der Waals surface area contributed by atoms with Crippen molar-refractivity contribution in [1.82, 2.24) is 0 Å². The lowest BCUT2D eigenvalue weighted by Crippen LogP contribution is -2.34. The van der Waals surface area contributed by atoms with Crippen LogP contribution in [0.15, 0.2) is 11.3 Å². The van der Waals surface area contributed by atoms with Crippen LogP contribution in [0.2, 0.25) is 0 Å². The van der Waals surface area contributed by atoms with Crippen LogP contribution in [0.4, 0.5) is 0 Å². The molecule has 0 spiro atoms. The van der Waals surface area contributed by atoms with E-state index in [9.17, 15) is 24.3 Å². The molecule has 1 aromatic rings. The lowest BCUT2D eigenvalue weighted by molar-refractivity contribution is -0.143. The number of aromatic hydroxyl groups is 1. The highest BCUT2D eigenvalue weighted by Gasteiger charge is 2.49. The fourth-order valence-electron chi connectivity index (χ4n) is 5.35. The number of fused-ring (bicyclic) bond motifs is 4. The molecule has 0 amide bonds. The Morgan fingerprint density at radius 3 is 2.38 bits per heavy atom. The third-order valence-electron chi connectivity index (χ3n) is 6.60. The maximum Gasteiger partial charge on any atom is 0.308 e. The second-order valence-electron chi connectivity index (χ2n) is 9.61. The molecule has 182 valence electrons. The van der Waals surface area contributed by atoms with Crippen molar-refractivity contribution in [3.63, 3.8) is 0 Å². The number of Topliss-reactive ketones (excluding diaryl/α,β-unsaturated/α-hetero) is 1. The number of esters is 3. The van der Waals surface area contributed by atoms with Crippen molar-refractivity contribution in [2.24, 2.45) is 5.41 Å². The zero-order valence-electron chi connectivity index (χ0n) is 19.9. The molecule has 2 aliphatic carbocycles. The number of hydrogen-bond donors (Lipinski definition) is 1. The van der Waals surface area contributed by atoms with Crippen LogP contribution < -0.4 is 9.47 Å². The predicted molar refractivity (Wildman–Crippen MR) is 118 cm³/mol. The van der Waals surface area contributed by atoms with Gasteiger partial charge < -0.3 is 24.1 Å². The largest absolute Gasteiger partial charge is 0.507 e. The molecule has 0 radical (unpaired) electrons. The zero-order chi connectivity index (χ0) is 24.9. The summed E-state index contributed by atoms with van der Waals surface area (Å²) in [4.78, 5) is 49.0. The number of phenolic OH excluding ortho intramolecular Hbond substituents is 1. The summed E-state index contributed by atoms with van der Waals surface area (Å²) in [5.41, 5.74) is 0.773. The Labute approximate surface area is 197 Å². The van der Waals surface area contributed by atoms with E-state index in [2.05, 4.69) is 0 Å². The number of allylic oxidation sites excluding steroid dienone is 2. The highest BCUT2D eigenvalue weighted by Crippen LogP contribution is 2.60. The van der Waals surface area contributed by atoms with E-state index in [0.717, 1.165) is 12.8 Å². The summed E-state index contributed by atoms with van der Waals surface area (Å²) in [7, 11) is 0. The lowest BCUT2D eigenvalue weighted by Gasteiger charge is -2.43. The number of phenols is 1. The third kappa shape index (κ3) is 3.93. The third-order valence-corrected chi connectivity index (χ3v) is 6.60. The summed E-state index contributed by atoms with van der Waals surface area (Å²) in [5, 5.41) is 11.2. The summed E-state index contributed by atoms with van der Waals surface area (Å²) in [6.45, 7) is 7.62. The van der Waals surface area contributed by atoms with E-state index >= 15 is 0 Å². The van der Waals surface area contributed by atoms with Gasteiger partial charge in [-0.2, -0.15) is 0 Å². The second-order valence-corrected chi connectivity index (χ2v) is 9.61. The predicted octanol–water partition coefficient (Wildman–Crippen LogP) is 3.49. The van der Waals surface area contributed by atoms with Gasteiger partial charge >= 0.3 is 17.9 Å². The molecule has 9 nitrogen and oxygen atoms in total. The lowest BCUT2D eigenvalue weighted by atomic mass is 9.62. The fraction of sp³-hybridized carbons (Fsp3) is 0.520. The smallest absolute Gasteiger partial charge is 0.308 e. The Bertz CT molecular complexity index is 1140. The zero-order valence-corrected chi connectivity index (χ0v) is 19.9. The SMILES string of the molecule is CC(=O)OC[C@H]1Cc2c(O)c3c(c(OC(C)=O)c2O1)[C@H]1CCCC(C)(C)C1=C(OC(C)=O)C3=O. The number of benzene rings is 1. The number of ether oxygens (including phenoxy) is 4. The number of hydrogen-bond acceptors (Lipinski definition) is 9. The minimum atomic E-state index is -0.636. The Morgan fingerprint density at radius 1 is 1.09 bits per heavy atom. The van der Waals surface area contributed by atoms with Gasteiger partial charge in [0.25, 0.3) is 0 Å². The van der Waals surface area contributed by atoms with Gasteiger partial charge in [0, 0.05) is 44.2 Å². The van der Waals surface area contributed by atoms with E-state index in [1.807, 2.05) is 13.8 Å². The summed E-state index contributed by atoms with van der Waals surface area (Å²) in [6, 6.07) is 0. The van der Waals surface area contributed by atoms with Gasteiger partial charge in [-0.1, -0.05) is 20.3 Å². The summed E-state index contributed by atoms with van der Waals surface area (Å²) in [5.74, 6) is -2.92. The van der Waals surface area contributed by atoms with Crippen LogP contribution in [-0.4, -0.2) is 41.5 Å². The number of carbonyl (C=O) groups is 4. The first-order chi connectivity index (χ1) is 15.9. The maximum absolute atomic E-state index is 13.7. The quantitative estimate of drug-likeness (QED) is 0.518. The van der Waals surface area contributed by atoms with Gasteiger partial charge in [-0.25, -0.2) is 0 Å². The Balaban J connectivity index is 1.95. The van der Waals surface area contributed by atoms with Crippen molar-refractivity contribution in [3.05, 3.63) is 28.0 Å². The second kappa shape index (κ2) is 8.45. The van der Waals surface area contributed by atoms with Crippen LogP contribution in [-0.2, 0) is 30.3 Å². The Kier molecular flexibility index (Phi) is 5.91. The van der Waals surface area contributed by atoms with Gasteiger partial charge in [-0.05, 0) is 23.8 Å². The molecule has 34 heavy (non-hydrogen) atoms. The van der Waals surface area contributed by atoms with Crippen molar-refractivity contribution < 1.29 is 43.2 Å². The number of rotatable bonds is 4. The molecular formula is C25H28O9. The van der Waals surface area contributed by atoms with Gasteiger partial charge in [0.2, 0.25) is 5.78 Å². The highest BCUT2D eigenvalue weighted by atomic mass is 16.6. The van der Waals surface area contributed by atoms with E-state index in [1.54, 1.807) is 0 Å². The molecular weight excluding hydrogens is 444 g/mol. The molecule has 0 saturated heterocycles. The summed E-state index contributed by atoms with van der Waals surface area (Å²) in [6.07, 6.45) is 1.70. The van der Waals surface area contributed by atoms with Crippen molar-refractivity contribution in [2.45, 2.75) is 72.3 Å². The van der Waals surface area contributed by atoms with Crippen molar-refractivity contribution in [2.75, 3.05) is 6.61 Å². The standard InChI is InChI=1S/C25H28O9/c1-11(26)31-10-14-9-16-20(29)18-17(23(22(16)34-14)32-12(2)27)15-7-6-8-25(4,5)19(15)24(21(18)30)33-13(3)28/h14-15,29H,6-10H2,1-5H3/t14-,15-/m1/s1. The first-order valence-corrected chi connectivity index (χ1v) is 11.3. The van der Waals surface area contributed by atoms with Gasteiger partial charge in [-0.15, -0.1) is 0 Å². The van der Waals surface area contributed by atoms with E-state index in [0.29, 0.717) is 17.6 Å². The first-order valence-electron chi connectivity index (χ1n) is 11.3. The van der Waals surface area contributed by atoms with Crippen LogP contribution in [0.25, 0.3) is 0 Å². The average Bonchev–Trinajstić information content (AvgIpc) is 3.15. The molecule has 0 bridgehead atoms. The molecule has 4 rings (SSSR count). The molecule has 9 heteroatoms. The van der Waals surface area contributed by atoms with Crippen LogP contribution in [0.3, 0.4) is 0 Å². The minimum absolute atomic E-state index is 0.0468. The van der Waals surface area contributed by atoms with Crippen LogP contribution in [0.1, 0.15) is 81.3 Å². The number of ketones is 1. The maximum atomic E-state index is 13.7. The van der Waals surface area contributed by atoms with E-state index in [1.165, 1.54) is 20.8 Å². The molecule has 1 aliphatic heterocycles. The first kappa shape index (κ1) is 23.8. The van der Waals surface area contributed by atoms with Gasteiger partial charge in [-0.3, -0.25) is 19.2 Å². The van der Waals surface area contributed by atoms with Crippen molar-refractivity contribution in [3.8, 4) is 17.2 Å². The molecule has 1 fully saturated rings. The fourth-order valence-corrected chi connectivity index (χ4v) is 5.35. The molecule has 2 atom stereocenters. The molecule has 1 N–H and O–H groups in total. The van der Waals surface area contributed by atoms with Crippen LogP contribution >= 0.6 is 0 Å². The molecule has 0 unspecified atom stereocenters. The summed E-state index contributed by atoms with van der Waals surface area (Å²) < 4.78 is 22.1. The van der Waals surface area contributed by atoms with E-state index in [-0.39, 0.29) is 47.2 Å². The van der Waals surface area contributed by atoms with Gasteiger partial charge in [0.05, 0.1) is 5.56 Å². The van der Waals surface area contributed by atoms with Crippen LogP contribution in [0, 0.1) is 5.41 Å². The summed E-state index contributed by atoms with van der Waals surface area (Å²) >= 11 is 0. The highest BCUT2D eigenvalue weighted by molar-refractivity contribution is 6.14. The van der Waals surface area contributed by atoms with Gasteiger partial charge in [0.15, 0.2) is 17.3 Å². The minimum Gasteiger partial charge on any atom is -0.507 e. The molecule has 1 aromatic carbocycles. The topological polar surface area (TPSA) is 125 Å². The normalized spacial score (nSPS) is 22.2.